The zero-order valence-electron chi connectivity index (χ0n) is 12.7. The standard InChI is InChI=1S/C17H27NO2/c1-3-18-17(15-7-10-19-11-8-15)9-12-20-16-6-4-5-14(2)13-16/h4-6,13,15,17-18H,3,7-12H2,1-2H3. The Morgan fingerprint density at radius 3 is 2.85 bits per heavy atom. The van der Waals surface area contributed by atoms with Gasteiger partial charge in [0.1, 0.15) is 5.75 Å². The largest absolute Gasteiger partial charge is 0.494 e. The molecule has 1 fully saturated rings. The predicted molar refractivity (Wildman–Crippen MR) is 82.3 cm³/mol. The van der Waals surface area contributed by atoms with E-state index in [0.29, 0.717) is 6.04 Å². The predicted octanol–water partition coefficient (Wildman–Crippen LogP) is 3.17. The summed E-state index contributed by atoms with van der Waals surface area (Å²) in [5.41, 5.74) is 1.25. The van der Waals surface area contributed by atoms with Crippen molar-refractivity contribution in [3.05, 3.63) is 29.8 Å². The molecule has 1 aliphatic rings. The smallest absolute Gasteiger partial charge is 0.119 e. The fourth-order valence-electron chi connectivity index (χ4n) is 2.89. The molecule has 0 saturated carbocycles. The number of ether oxygens (including phenoxy) is 2. The van der Waals surface area contributed by atoms with Crippen molar-refractivity contribution in [1.82, 2.24) is 5.32 Å². The van der Waals surface area contributed by atoms with Crippen LogP contribution in [0.3, 0.4) is 0 Å². The summed E-state index contributed by atoms with van der Waals surface area (Å²) >= 11 is 0. The van der Waals surface area contributed by atoms with Gasteiger partial charge in [-0.15, -0.1) is 0 Å². The lowest BCUT2D eigenvalue weighted by molar-refractivity contribution is 0.0507. The second-order valence-electron chi connectivity index (χ2n) is 5.57. The minimum Gasteiger partial charge on any atom is -0.494 e. The maximum Gasteiger partial charge on any atom is 0.119 e. The normalized spacial score (nSPS) is 17.9. The first-order chi connectivity index (χ1) is 9.79. The van der Waals surface area contributed by atoms with Gasteiger partial charge in [-0.05, 0) is 56.3 Å². The molecule has 3 heteroatoms. The molecular formula is C17H27NO2. The fraction of sp³-hybridized carbons (Fsp3) is 0.647. The highest BCUT2D eigenvalue weighted by Gasteiger charge is 2.23. The van der Waals surface area contributed by atoms with E-state index >= 15 is 0 Å². The van der Waals surface area contributed by atoms with Crippen LogP contribution in [0.5, 0.6) is 5.75 Å². The van der Waals surface area contributed by atoms with Crippen molar-refractivity contribution < 1.29 is 9.47 Å². The molecule has 2 rings (SSSR count). The lowest BCUT2D eigenvalue weighted by atomic mass is 9.90. The number of nitrogens with one attached hydrogen (secondary N) is 1. The number of benzene rings is 1. The average Bonchev–Trinajstić information content (AvgIpc) is 2.47. The van der Waals surface area contributed by atoms with Crippen LogP contribution in [0.2, 0.25) is 0 Å². The Morgan fingerprint density at radius 2 is 2.15 bits per heavy atom. The van der Waals surface area contributed by atoms with E-state index in [2.05, 4.69) is 31.3 Å². The summed E-state index contributed by atoms with van der Waals surface area (Å²) in [7, 11) is 0. The lowest BCUT2D eigenvalue weighted by Crippen LogP contribution is -2.40. The van der Waals surface area contributed by atoms with E-state index < -0.39 is 0 Å². The first-order valence-electron chi connectivity index (χ1n) is 7.80. The SMILES string of the molecule is CCNC(CCOc1cccc(C)c1)C1CCOCC1. The molecule has 1 aromatic carbocycles. The Labute approximate surface area is 122 Å². The molecule has 1 atom stereocenters. The van der Waals surface area contributed by atoms with E-state index in [9.17, 15) is 0 Å². The molecule has 0 bridgehead atoms. The highest BCUT2D eigenvalue weighted by molar-refractivity contribution is 5.27. The van der Waals surface area contributed by atoms with E-state index in [0.717, 1.165) is 44.5 Å². The molecule has 3 nitrogen and oxygen atoms in total. The Bertz CT molecular complexity index is 388. The van der Waals surface area contributed by atoms with E-state index in [1.54, 1.807) is 0 Å². The molecule has 1 aromatic rings. The van der Waals surface area contributed by atoms with E-state index in [-0.39, 0.29) is 0 Å². The second kappa shape index (κ2) is 8.28. The second-order valence-corrected chi connectivity index (χ2v) is 5.57. The molecule has 1 N–H and O–H groups in total. The first-order valence-corrected chi connectivity index (χ1v) is 7.80. The van der Waals surface area contributed by atoms with Crippen molar-refractivity contribution >= 4 is 0 Å². The van der Waals surface area contributed by atoms with Crippen LogP contribution in [0, 0.1) is 12.8 Å². The molecule has 112 valence electrons. The highest BCUT2D eigenvalue weighted by Crippen LogP contribution is 2.21. The van der Waals surface area contributed by atoms with Crippen LogP contribution < -0.4 is 10.1 Å². The van der Waals surface area contributed by atoms with Crippen LogP contribution in [0.1, 0.15) is 31.7 Å². The Hall–Kier alpha value is -1.06. The first kappa shape index (κ1) is 15.3. The van der Waals surface area contributed by atoms with Gasteiger partial charge in [-0.3, -0.25) is 0 Å². The van der Waals surface area contributed by atoms with Crippen LogP contribution in [0.4, 0.5) is 0 Å². The van der Waals surface area contributed by atoms with Crippen LogP contribution in [0.25, 0.3) is 0 Å². The molecule has 0 spiro atoms. The Kier molecular flexibility index (Phi) is 6.34. The third-order valence-electron chi connectivity index (χ3n) is 3.99. The van der Waals surface area contributed by atoms with Crippen LogP contribution in [0.15, 0.2) is 24.3 Å². The molecule has 0 aliphatic carbocycles. The third kappa shape index (κ3) is 4.80. The maximum absolute atomic E-state index is 5.88. The molecule has 1 aliphatic heterocycles. The monoisotopic (exact) mass is 277 g/mol. The minimum atomic E-state index is 0.550. The van der Waals surface area contributed by atoms with Gasteiger partial charge >= 0.3 is 0 Å². The van der Waals surface area contributed by atoms with Gasteiger partial charge in [0.25, 0.3) is 0 Å². The van der Waals surface area contributed by atoms with Crippen LogP contribution >= 0.6 is 0 Å². The summed E-state index contributed by atoms with van der Waals surface area (Å²) < 4.78 is 11.3. The quantitative estimate of drug-likeness (QED) is 0.830. The number of rotatable bonds is 7. The van der Waals surface area contributed by atoms with Crippen LogP contribution in [-0.2, 0) is 4.74 Å². The Balaban J connectivity index is 1.79. The van der Waals surface area contributed by atoms with Crippen molar-refractivity contribution in [3.63, 3.8) is 0 Å². The van der Waals surface area contributed by atoms with E-state index in [1.807, 2.05) is 12.1 Å². The van der Waals surface area contributed by atoms with Crippen LogP contribution in [-0.4, -0.2) is 32.4 Å². The van der Waals surface area contributed by atoms with Crippen molar-refractivity contribution in [3.8, 4) is 5.75 Å². The third-order valence-corrected chi connectivity index (χ3v) is 3.99. The minimum absolute atomic E-state index is 0.550. The molecule has 0 amide bonds. The summed E-state index contributed by atoms with van der Waals surface area (Å²) in [6.07, 6.45) is 3.40. The summed E-state index contributed by atoms with van der Waals surface area (Å²) in [6.45, 7) is 7.88. The van der Waals surface area contributed by atoms with E-state index in [4.69, 9.17) is 9.47 Å². The number of hydrogen-bond acceptors (Lipinski definition) is 3. The molecule has 0 radical (unpaired) electrons. The molecule has 0 aromatic heterocycles. The average molecular weight is 277 g/mol. The summed E-state index contributed by atoms with van der Waals surface area (Å²) in [5, 5.41) is 3.61. The van der Waals surface area contributed by atoms with Gasteiger partial charge in [-0.1, -0.05) is 19.1 Å². The highest BCUT2D eigenvalue weighted by atomic mass is 16.5. The topological polar surface area (TPSA) is 30.5 Å². The van der Waals surface area contributed by atoms with Gasteiger partial charge in [0.05, 0.1) is 6.61 Å². The van der Waals surface area contributed by atoms with Gasteiger partial charge in [-0.25, -0.2) is 0 Å². The maximum atomic E-state index is 5.88. The number of aryl methyl sites for hydroxylation is 1. The Morgan fingerprint density at radius 1 is 1.35 bits per heavy atom. The summed E-state index contributed by atoms with van der Waals surface area (Å²) in [4.78, 5) is 0. The lowest BCUT2D eigenvalue weighted by Gasteiger charge is -2.30. The van der Waals surface area contributed by atoms with Gasteiger partial charge in [0.2, 0.25) is 0 Å². The van der Waals surface area contributed by atoms with Crippen molar-refractivity contribution in [1.29, 1.82) is 0 Å². The van der Waals surface area contributed by atoms with Crippen molar-refractivity contribution in [2.75, 3.05) is 26.4 Å². The molecule has 1 unspecified atom stereocenters. The zero-order chi connectivity index (χ0) is 14.2. The van der Waals surface area contributed by atoms with Crippen molar-refractivity contribution in [2.24, 2.45) is 5.92 Å². The molecule has 1 saturated heterocycles. The van der Waals surface area contributed by atoms with E-state index in [1.165, 1.54) is 18.4 Å². The van der Waals surface area contributed by atoms with Gasteiger partial charge in [0.15, 0.2) is 0 Å². The fourth-order valence-corrected chi connectivity index (χ4v) is 2.89. The van der Waals surface area contributed by atoms with Gasteiger partial charge in [-0.2, -0.15) is 0 Å². The zero-order valence-corrected chi connectivity index (χ0v) is 12.7. The number of hydrogen-bond donors (Lipinski definition) is 1. The molecule has 20 heavy (non-hydrogen) atoms. The summed E-state index contributed by atoms with van der Waals surface area (Å²) in [5.74, 6) is 1.71. The van der Waals surface area contributed by atoms with Crippen molar-refractivity contribution in [2.45, 2.75) is 39.2 Å². The van der Waals surface area contributed by atoms with Gasteiger partial charge < -0.3 is 14.8 Å². The van der Waals surface area contributed by atoms with Gasteiger partial charge in [0, 0.05) is 19.3 Å². The molecular weight excluding hydrogens is 250 g/mol. The molecule has 1 heterocycles. The summed E-state index contributed by atoms with van der Waals surface area (Å²) in [6, 6.07) is 8.82.